The van der Waals surface area contributed by atoms with Gasteiger partial charge in [-0.15, -0.1) is 0 Å². The summed E-state index contributed by atoms with van der Waals surface area (Å²) in [6.45, 7) is 0. The molecule has 0 atom stereocenters. The standard InChI is InChI=1S/C27H21N2O2P/c30-32(23-12-6-2-7-13-23,24-14-8-3-9-15-24)31-22-17-19-27-25(20-22)26(28-29-27)18-16-21-10-4-1-5-11-21/h1-20H,(H,28,29)/b18-16+. The monoisotopic (exact) mass is 436 g/mol. The van der Waals surface area contributed by atoms with Crippen LogP contribution in [0.15, 0.2) is 109 Å². The van der Waals surface area contributed by atoms with Gasteiger partial charge in [0, 0.05) is 5.39 Å². The number of hydrogen-bond acceptors (Lipinski definition) is 3. The van der Waals surface area contributed by atoms with E-state index in [4.69, 9.17) is 4.52 Å². The largest absolute Gasteiger partial charge is 0.437 e. The van der Waals surface area contributed by atoms with Gasteiger partial charge < -0.3 is 4.52 Å². The topological polar surface area (TPSA) is 55.0 Å². The Morgan fingerprint density at radius 1 is 0.719 bits per heavy atom. The SMILES string of the molecule is O=P(Oc1ccc2[nH]nc(/C=C/c3ccccc3)c2c1)(c1ccccc1)c1ccccc1. The number of aromatic amines is 1. The van der Waals surface area contributed by atoms with Gasteiger partial charge in [0.05, 0.1) is 21.8 Å². The van der Waals surface area contributed by atoms with Crippen LogP contribution in [0.1, 0.15) is 11.3 Å². The third-order valence-corrected chi connectivity index (χ3v) is 7.65. The Hall–Kier alpha value is -3.88. The molecular formula is C27H21N2O2P. The van der Waals surface area contributed by atoms with Crippen LogP contribution >= 0.6 is 7.37 Å². The number of rotatable bonds is 6. The van der Waals surface area contributed by atoms with Crippen molar-refractivity contribution in [3.05, 3.63) is 120 Å². The van der Waals surface area contributed by atoms with Crippen molar-refractivity contribution in [2.24, 2.45) is 0 Å². The molecule has 0 saturated heterocycles. The van der Waals surface area contributed by atoms with E-state index >= 15 is 0 Å². The molecule has 0 radical (unpaired) electrons. The molecule has 0 unspecified atom stereocenters. The van der Waals surface area contributed by atoms with Crippen LogP contribution < -0.4 is 15.1 Å². The number of H-pyrrole nitrogens is 1. The summed E-state index contributed by atoms with van der Waals surface area (Å²) in [5.41, 5.74) is 2.77. The second-order valence-electron chi connectivity index (χ2n) is 7.37. The molecule has 32 heavy (non-hydrogen) atoms. The molecule has 5 rings (SSSR count). The van der Waals surface area contributed by atoms with E-state index in [2.05, 4.69) is 10.2 Å². The fourth-order valence-electron chi connectivity index (χ4n) is 3.59. The maximum atomic E-state index is 14.2. The van der Waals surface area contributed by atoms with Crippen molar-refractivity contribution in [2.45, 2.75) is 0 Å². The Morgan fingerprint density at radius 2 is 1.31 bits per heavy atom. The molecule has 0 bridgehead atoms. The maximum Gasteiger partial charge on any atom is 0.306 e. The predicted octanol–water partition coefficient (Wildman–Crippen LogP) is 6.04. The predicted molar refractivity (Wildman–Crippen MR) is 132 cm³/mol. The molecule has 0 amide bonds. The van der Waals surface area contributed by atoms with Crippen LogP contribution in [0, 0.1) is 0 Å². The number of nitrogens with zero attached hydrogens (tertiary/aromatic N) is 1. The molecule has 4 nitrogen and oxygen atoms in total. The summed E-state index contributed by atoms with van der Waals surface area (Å²) in [5.74, 6) is 0.532. The van der Waals surface area contributed by atoms with Gasteiger partial charge in [0.25, 0.3) is 0 Å². The number of aromatic nitrogens is 2. The summed E-state index contributed by atoms with van der Waals surface area (Å²) < 4.78 is 20.5. The molecule has 0 fully saturated rings. The highest BCUT2D eigenvalue weighted by Crippen LogP contribution is 2.45. The summed E-state index contributed by atoms with van der Waals surface area (Å²) in [4.78, 5) is 0. The number of benzene rings is 4. The summed E-state index contributed by atoms with van der Waals surface area (Å²) in [5, 5.41) is 9.70. The molecule has 5 aromatic rings. The van der Waals surface area contributed by atoms with Crippen molar-refractivity contribution in [2.75, 3.05) is 0 Å². The average Bonchev–Trinajstić information content (AvgIpc) is 3.26. The molecule has 1 N–H and O–H groups in total. The van der Waals surface area contributed by atoms with Crippen molar-refractivity contribution in [1.29, 1.82) is 0 Å². The van der Waals surface area contributed by atoms with Gasteiger partial charge in [-0.1, -0.05) is 72.8 Å². The van der Waals surface area contributed by atoms with E-state index in [9.17, 15) is 4.57 Å². The highest BCUT2D eigenvalue weighted by Gasteiger charge is 2.30. The Bertz CT molecular complexity index is 1370. The minimum atomic E-state index is -3.33. The highest BCUT2D eigenvalue weighted by molar-refractivity contribution is 7.74. The molecule has 0 aliphatic carbocycles. The van der Waals surface area contributed by atoms with Crippen LogP contribution in [-0.2, 0) is 4.57 Å². The lowest BCUT2D eigenvalue weighted by Gasteiger charge is -2.20. The third-order valence-electron chi connectivity index (χ3n) is 5.22. The van der Waals surface area contributed by atoms with E-state index in [-0.39, 0.29) is 0 Å². The Labute approximate surface area is 186 Å². The fraction of sp³-hybridized carbons (Fsp3) is 0. The van der Waals surface area contributed by atoms with E-state index in [1.807, 2.05) is 121 Å². The molecule has 4 aromatic carbocycles. The minimum absolute atomic E-state index is 0.532. The van der Waals surface area contributed by atoms with Gasteiger partial charge in [0.1, 0.15) is 5.75 Å². The second-order valence-corrected chi connectivity index (χ2v) is 9.69. The molecular weight excluding hydrogens is 415 g/mol. The first-order valence-corrected chi connectivity index (χ1v) is 12.0. The van der Waals surface area contributed by atoms with Gasteiger partial charge in [-0.25, -0.2) is 0 Å². The number of fused-ring (bicyclic) bond motifs is 1. The Morgan fingerprint density at radius 3 is 1.94 bits per heavy atom. The lowest BCUT2D eigenvalue weighted by Crippen LogP contribution is -2.20. The minimum Gasteiger partial charge on any atom is -0.437 e. The molecule has 0 aliphatic heterocycles. The van der Waals surface area contributed by atoms with E-state index in [0.717, 1.165) is 22.2 Å². The molecule has 156 valence electrons. The second kappa shape index (κ2) is 8.70. The average molecular weight is 436 g/mol. The first-order chi connectivity index (χ1) is 15.7. The highest BCUT2D eigenvalue weighted by atomic mass is 31.2. The van der Waals surface area contributed by atoms with Gasteiger partial charge >= 0.3 is 7.37 Å². The van der Waals surface area contributed by atoms with Gasteiger partial charge in [0.2, 0.25) is 0 Å². The van der Waals surface area contributed by atoms with Crippen molar-refractivity contribution in [1.82, 2.24) is 10.2 Å². The van der Waals surface area contributed by atoms with E-state index < -0.39 is 7.37 Å². The first kappa shape index (κ1) is 20.0. The van der Waals surface area contributed by atoms with Crippen molar-refractivity contribution < 1.29 is 9.09 Å². The van der Waals surface area contributed by atoms with E-state index in [1.165, 1.54) is 0 Å². The van der Waals surface area contributed by atoms with Crippen molar-refractivity contribution in [3.8, 4) is 5.75 Å². The Balaban J connectivity index is 1.54. The summed E-state index contributed by atoms with van der Waals surface area (Å²) in [7, 11) is -3.33. The first-order valence-electron chi connectivity index (χ1n) is 10.3. The zero-order valence-corrected chi connectivity index (χ0v) is 18.2. The van der Waals surface area contributed by atoms with Gasteiger partial charge in [-0.2, -0.15) is 5.10 Å². The maximum absolute atomic E-state index is 14.2. The normalized spacial score (nSPS) is 11.8. The summed E-state index contributed by atoms with van der Waals surface area (Å²) in [6.07, 6.45) is 3.98. The van der Waals surface area contributed by atoms with Crippen LogP contribution in [0.25, 0.3) is 23.1 Å². The third kappa shape index (κ3) is 4.01. The lowest BCUT2D eigenvalue weighted by molar-refractivity contribution is 0.503. The molecule has 0 saturated carbocycles. The summed E-state index contributed by atoms with van der Waals surface area (Å²) in [6, 6.07) is 34.4. The van der Waals surface area contributed by atoms with Gasteiger partial charge in [-0.05, 0) is 54.1 Å². The van der Waals surface area contributed by atoms with E-state index in [0.29, 0.717) is 16.4 Å². The van der Waals surface area contributed by atoms with E-state index in [1.54, 1.807) is 0 Å². The molecule has 1 heterocycles. The van der Waals surface area contributed by atoms with Gasteiger partial charge in [-0.3, -0.25) is 9.66 Å². The van der Waals surface area contributed by atoms with Crippen LogP contribution in [0.5, 0.6) is 5.75 Å². The number of hydrogen-bond donors (Lipinski definition) is 1. The fourth-order valence-corrected chi connectivity index (χ4v) is 5.64. The van der Waals surface area contributed by atoms with Crippen LogP contribution in [0.2, 0.25) is 0 Å². The molecule has 1 aromatic heterocycles. The van der Waals surface area contributed by atoms with Crippen molar-refractivity contribution >= 4 is 41.0 Å². The molecule has 0 aliphatic rings. The quantitative estimate of drug-likeness (QED) is 0.330. The van der Waals surface area contributed by atoms with Gasteiger partial charge in [0.15, 0.2) is 0 Å². The van der Waals surface area contributed by atoms with Crippen LogP contribution in [-0.4, -0.2) is 10.2 Å². The zero-order valence-electron chi connectivity index (χ0n) is 17.3. The lowest BCUT2D eigenvalue weighted by atomic mass is 10.1. The molecule has 0 spiro atoms. The zero-order chi connectivity index (χ0) is 21.8. The van der Waals surface area contributed by atoms with Crippen LogP contribution in [0.3, 0.4) is 0 Å². The smallest absolute Gasteiger partial charge is 0.306 e. The number of nitrogens with one attached hydrogen (secondary N) is 1. The Kier molecular flexibility index (Phi) is 5.45. The van der Waals surface area contributed by atoms with Crippen molar-refractivity contribution in [3.63, 3.8) is 0 Å². The summed E-state index contributed by atoms with van der Waals surface area (Å²) >= 11 is 0. The van der Waals surface area contributed by atoms with Crippen LogP contribution in [0.4, 0.5) is 0 Å². The molecule has 5 heteroatoms.